The molecule has 6 nitrogen and oxygen atoms in total. The molecule has 1 unspecified atom stereocenters. The summed E-state index contributed by atoms with van der Waals surface area (Å²) in [7, 11) is -3.40. The zero-order chi connectivity index (χ0) is 19.2. The van der Waals surface area contributed by atoms with Crippen molar-refractivity contribution in [3.05, 3.63) is 65.2 Å². The summed E-state index contributed by atoms with van der Waals surface area (Å²) in [4.78, 5) is 12.2. The predicted molar refractivity (Wildman–Crippen MR) is 101 cm³/mol. The van der Waals surface area contributed by atoms with Crippen molar-refractivity contribution >= 4 is 21.6 Å². The van der Waals surface area contributed by atoms with E-state index in [1.54, 1.807) is 36.4 Å². The van der Waals surface area contributed by atoms with Crippen LogP contribution in [-0.4, -0.2) is 20.6 Å². The molecule has 0 aromatic heterocycles. The fourth-order valence-corrected chi connectivity index (χ4v) is 3.15. The molecule has 2 rings (SSSR count). The van der Waals surface area contributed by atoms with Crippen molar-refractivity contribution in [2.24, 2.45) is 0 Å². The monoisotopic (exact) mass is 371 g/mol. The van der Waals surface area contributed by atoms with Gasteiger partial charge in [-0.2, -0.15) is 5.26 Å². The van der Waals surface area contributed by atoms with E-state index >= 15 is 0 Å². The maximum Gasteiger partial charge on any atom is 0.229 e. The van der Waals surface area contributed by atoms with Gasteiger partial charge in [-0.25, -0.2) is 8.42 Å². The zero-order valence-electron chi connectivity index (χ0n) is 14.7. The van der Waals surface area contributed by atoms with Gasteiger partial charge in [-0.05, 0) is 42.7 Å². The first kappa shape index (κ1) is 19.5. The molecule has 0 spiro atoms. The summed E-state index contributed by atoms with van der Waals surface area (Å²) in [5, 5.41) is 11.7. The third kappa shape index (κ3) is 5.90. The second-order valence-corrected chi connectivity index (χ2v) is 7.81. The van der Waals surface area contributed by atoms with Crippen molar-refractivity contribution in [2.75, 3.05) is 11.0 Å². The first-order chi connectivity index (χ1) is 12.3. The highest BCUT2D eigenvalue weighted by atomic mass is 32.2. The molecule has 1 amide bonds. The SMILES string of the molecule is CC(NC(=O)CCc1ccc(C#N)cc1)c1ccccc1NS(C)(=O)=O. The maximum absolute atomic E-state index is 12.2. The average Bonchev–Trinajstić information content (AvgIpc) is 2.59. The van der Waals surface area contributed by atoms with Gasteiger partial charge in [-0.1, -0.05) is 30.3 Å². The normalized spacial score (nSPS) is 12.0. The van der Waals surface area contributed by atoms with Crippen molar-refractivity contribution in [2.45, 2.75) is 25.8 Å². The van der Waals surface area contributed by atoms with Gasteiger partial charge in [-0.15, -0.1) is 0 Å². The number of sulfonamides is 1. The predicted octanol–water partition coefficient (Wildman–Crippen LogP) is 2.74. The van der Waals surface area contributed by atoms with Gasteiger partial charge in [0.15, 0.2) is 0 Å². The molecule has 0 bridgehead atoms. The Morgan fingerprint density at radius 3 is 2.42 bits per heavy atom. The number of nitrogens with one attached hydrogen (secondary N) is 2. The Morgan fingerprint density at radius 2 is 1.81 bits per heavy atom. The molecule has 0 radical (unpaired) electrons. The minimum atomic E-state index is -3.40. The largest absolute Gasteiger partial charge is 0.349 e. The van der Waals surface area contributed by atoms with E-state index in [1.165, 1.54) is 0 Å². The number of aryl methyl sites for hydroxylation is 1. The molecule has 2 aromatic rings. The Balaban J connectivity index is 1.97. The van der Waals surface area contributed by atoms with Gasteiger partial charge < -0.3 is 5.32 Å². The minimum Gasteiger partial charge on any atom is -0.349 e. The van der Waals surface area contributed by atoms with E-state index in [0.717, 1.165) is 11.8 Å². The van der Waals surface area contributed by atoms with Gasteiger partial charge in [0.2, 0.25) is 15.9 Å². The minimum absolute atomic E-state index is 0.129. The number of hydrogen-bond acceptors (Lipinski definition) is 4. The molecule has 2 N–H and O–H groups in total. The van der Waals surface area contributed by atoms with E-state index in [-0.39, 0.29) is 11.9 Å². The van der Waals surface area contributed by atoms with Crippen LogP contribution in [0.5, 0.6) is 0 Å². The van der Waals surface area contributed by atoms with Crippen molar-refractivity contribution in [1.82, 2.24) is 5.32 Å². The molecule has 0 saturated heterocycles. The van der Waals surface area contributed by atoms with Gasteiger partial charge >= 0.3 is 0 Å². The number of nitrogens with zero attached hydrogens (tertiary/aromatic N) is 1. The van der Waals surface area contributed by atoms with Crippen LogP contribution in [0.25, 0.3) is 0 Å². The lowest BCUT2D eigenvalue weighted by molar-refractivity contribution is -0.121. The molecule has 7 heteroatoms. The van der Waals surface area contributed by atoms with E-state index in [9.17, 15) is 13.2 Å². The van der Waals surface area contributed by atoms with E-state index in [0.29, 0.717) is 29.7 Å². The van der Waals surface area contributed by atoms with E-state index in [4.69, 9.17) is 5.26 Å². The summed E-state index contributed by atoms with van der Waals surface area (Å²) >= 11 is 0. The van der Waals surface area contributed by atoms with Crippen molar-refractivity contribution in [3.8, 4) is 6.07 Å². The summed E-state index contributed by atoms with van der Waals surface area (Å²) in [5.41, 5.74) is 2.72. The number of anilines is 1. The maximum atomic E-state index is 12.2. The Morgan fingerprint density at radius 1 is 1.15 bits per heavy atom. The highest BCUT2D eigenvalue weighted by molar-refractivity contribution is 7.92. The number of nitriles is 1. The Bertz CT molecular complexity index is 916. The third-order valence-electron chi connectivity index (χ3n) is 3.82. The van der Waals surface area contributed by atoms with Crippen molar-refractivity contribution in [1.29, 1.82) is 5.26 Å². The van der Waals surface area contributed by atoms with Crippen LogP contribution in [0, 0.1) is 11.3 Å². The van der Waals surface area contributed by atoms with Crippen LogP contribution in [-0.2, 0) is 21.2 Å². The number of benzene rings is 2. The topological polar surface area (TPSA) is 99.1 Å². The zero-order valence-corrected chi connectivity index (χ0v) is 15.5. The van der Waals surface area contributed by atoms with Gasteiger partial charge in [0, 0.05) is 6.42 Å². The lowest BCUT2D eigenvalue weighted by Gasteiger charge is -2.18. The summed E-state index contributed by atoms with van der Waals surface area (Å²) in [6.07, 6.45) is 1.95. The molecule has 0 aliphatic heterocycles. The van der Waals surface area contributed by atoms with Crippen molar-refractivity contribution in [3.63, 3.8) is 0 Å². The van der Waals surface area contributed by atoms with Crippen LogP contribution < -0.4 is 10.0 Å². The highest BCUT2D eigenvalue weighted by Crippen LogP contribution is 2.23. The fourth-order valence-electron chi connectivity index (χ4n) is 2.56. The summed E-state index contributed by atoms with van der Waals surface area (Å²) in [6, 6.07) is 15.8. The first-order valence-corrected chi connectivity index (χ1v) is 10.0. The number of carbonyl (C=O) groups excluding carboxylic acids is 1. The molecule has 2 aromatic carbocycles. The summed E-state index contributed by atoms with van der Waals surface area (Å²) < 4.78 is 25.4. The lowest BCUT2D eigenvalue weighted by atomic mass is 10.0. The van der Waals surface area contributed by atoms with Gasteiger partial charge in [0.1, 0.15) is 0 Å². The van der Waals surface area contributed by atoms with Gasteiger partial charge in [0.25, 0.3) is 0 Å². The third-order valence-corrected chi connectivity index (χ3v) is 4.41. The van der Waals surface area contributed by atoms with Crippen LogP contribution in [0.3, 0.4) is 0 Å². The molecular weight excluding hydrogens is 350 g/mol. The quantitative estimate of drug-likeness (QED) is 0.782. The molecule has 0 aliphatic rings. The Kier molecular flexibility index (Phi) is 6.36. The molecule has 0 aliphatic carbocycles. The van der Waals surface area contributed by atoms with Crippen LogP contribution in [0.15, 0.2) is 48.5 Å². The summed E-state index contributed by atoms with van der Waals surface area (Å²) in [5.74, 6) is -0.129. The van der Waals surface area contributed by atoms with Crippen LogP contribution >= 0.6 is 0 Å². The van der Waals surface area contributed by atoms with Crippen molar-refractivity contribution < 1.29 is 13.2 Å². The Labute approximate surface area is 153 Å². The molecule has 1 atom stereocenters. The number of rotatable bonds is 7. The first-order valence-electron chi connectivity index (χ1n) is 8.13. The molecule has 0 fully saturated rings. The second kappa shape index (κ2) is 8.50. The van der Waals surface area contributed by atoms with Crippen LogP contribution in [0.4, 0.5) is 5.69 Å². The highest BCUT2D eigenvalue weighted by Gasteiger charge is 2.15. The lowest BCUT2D eigenvalue weighted by Crippen LogP contribution is -2.27. The smallest absolute Gasteiger partial charge is 0.229 e. The van der Waals surface area contributed by atoms with E-state index in [1.807, 2.05) is 19.1 Å². The Hall–Kier alpha value is -2.85. The molecule has 0 heterocycles. The fraction of sp³-hybridized carbons (Fsp3) is 0.263. The molecular formula is C19H21N3O3S. The standard InChI is InChI=1S/C19H21N3O3S/c1-14(17-5-3-4-6-18(17)22-26(2,24)25)21-19(23)12-11-15-7-9-16(13-20)10-8-15/h3-10,14,22H,11-12H2,1-2H3,(H,21,23). The molecule has 26 heavy (non-hydrogen) atoms. The average molecular weight is 371 g/mol. The number of hydrogen-bond donors (Lipinski definition) is 2. The van der Waals surface area contributed by atoms with Crippen LogP contribution in [0.1, 0.15) is 36.1 Å². The van der Waals surface area contributed by atoms with Gasteiger partial charge in [0.05, 0.1) is 29.6 Å². The van der Waals surface area contributed by atoms with Gasteiger partial charge in [-0.3, -0.25) is 9.52 Å². The molecule has 0 saturated carbocycles. The van der Waals surface area contributed by atoms with E-state index in [2.05, 4.69) is 16.1 Å². The number of carbonyl (C=O) groups is 1. The number of para-hydroxylation sites is 1. The second-order valence-electron chi connectivity index (χ2n) is 6.06. The number of amides is 1. The van der Waals surface area contributed by atoms with Crippen LogP contribution in [0.2, 0.25) is 0 Å². The van der Waals surface area contributed by atoms with E-state index < -0.39 is 10.0 Å². The summed E-state index contributed by atoms with van der Waals surface area (Å²) in [6.45, 7) is 1.81. The molecule has 136 valence electrons.